The Labute approximate surface area is 97.8 Å². The van der Waals surface area contributed by atoms with Gasteiger partial charge in [-0.2, -0.15) is 0 Å². The summed E-state index contributed by atoms with van der Waals surface area (Å²) in [5, 5.41) is 0. The van der Waals surface area contributed by atoms with Crippen LogP contribution in [-0.2, 0) is 12.8 Å². The van der Waals surface area contributed by atoms with E-state index in [0.717, 1.165) is 18.6 Å². The zero-order valence-corrected chi connectivity index (χ0v) is 10.2. The number of hydrogen-bond donors (Lipinski definition) is 2. The minimum Gasteiger partial charge on any atom is -0.497 e. The van der Waals surface area contributed by atoms with Crippen molar-refractivity contribution in [3.8, 4) is 5.75 Å². The zero-order valence-electron chi connectivity index (χ0n) is 10.2. The van der Waals surface area contributed by atoms with Crippen LogP contribution in [0, 0.1) is 5.92 Å². The standard InChI is InChI=1S/C13H22N2O/c1-3-11-7-13(16-2)5-4-12(11)6-10(8-14)9-15/h4-5,7,10H,3,6,8-9,14-15H2,1-2H3. The maximum atomic E-state index is 5.67. The van der Waals surface area contributed by atoms with Gasteiger partial charge in [-0.3, -0.25) is 0 Å². The Bertz CT molecular complexity index is 322. The van der Waals surface area contributed by atoms with Crippen molar-refractivity contribution in [1.29, 1.82) is 0 Å². The number of aryl methyl sites for hydroxylation is 1. The molecule has 0 aromatic heterocycles. The highest BCUT2D eigenvalue weighted by atomic mass is 16.5. The zero-order chi connectivity index (χ0) is 12.0. The maximum absolute atomic E-state index is 5.67. The Morgan fingerprint density at radius 3 is 2.38 bits per heavy atom. The Balaban J connectivity index is 2.86. The molecule has 0 atom stereocenters. The first kappa shape index (κ1) is 13.0. The van der Waals surface area contributed by atoms with Gasteiger partial charge in [0.15, 0.2) is 0 Å². The Hall–Kier alpha value is -1.06. The van der Waals surface area contributed by atoms with Crippen molar-refractivity contribution in [3.05, 3.63) is 29.3 Å². The molecule has 0 bridgehead atoms. The summed E-state index contributed by atoms with van der Waals surface area (Å²) in [6.45, 7) is 3.44. The third-order valence-corrected chi connectivity index (χ3v) is 2.97. The van der Waals surface area contributed by atoms with Gasteiger partial charge in [0.2, 0.25) is 0 Å². The molecule has 16 heavy (non-hydrogen) atoms. The van der Waals surface area contributed by atoms with Crippen molar-refractivity contribution < 1.29 is 4.74 Å². The Morgan fingerprint density at radius 1 is 1.19 bits per heavy atom. The lowest BCUT2D eigenvalue weighted by molar-refractivity contribution is 0.414. The lowest BCUT2D eigenvalue weighted by Gasteiger charge is -2.15. The van der Waals surface area contributed by atoms with Crippen molar-refractivity contribution in [1.82, 2.24) is 0 Å². The van der Waals surface area contributed by atoms with E-state index in [0.29, 0.717) is 19.0 Å². The highest BCUT2D eigenvalue weighted by molar-refractivity contribution is 5.36. The summed E-state index contributed by atoms with van der Waals surface area (Å²) in [6.07, 6.45) is 1.97. The van der Waals surface area contributed by atoms with Crippen molar-refractivity contribution >= 4 is 0 Å². The van der Waals surface area contributed by atoms with Crippen molar-refractivity contribution in [2.75, 3.05) is 20.2 Å². The van der Waals surface area contributed by atoms with Gasteiger partial charge in [0.1, 0.15) is 5.75 Å². The molecule has 0 amide bonds. The first-order valence-electron chi connectivity index (χ1n) is 5.81. The van der Waals surface area contributed by atoms with Crippen LogP contribution in [0.4, 0.5) is 0 Å². The largest absolute Gasteiger partial charge is 0.497 e. The molecule has 0 aliphatic carbocycles. The summed E-state index contributed by atoms with van der Waals surface area (Å²) < 4.78 is 5.22. The fraction of sp³-hybridized carbons (Fsp3) is 0.538. The summed E-state index contributed by atoms with van der Waals surface area (Å²) in [4.78, 5) is 0. The third kappa shape index (κ3) is 3.22. The predicted octanol–water partition coefficient (Wildman–Crippen LogP) is 1.33. The normalized spacial score (nSPS) is 10.8. The molecule has 0 aliphatic heterocycles. The third-order valence-electron chi connectivity index (χ3n) is 2.97. The molecule has 0 saturated carbocycles. The van der Waals surface area contributed by atoms with Crippen molar-refractivity contribution in [3.63, 3.8) is 0 Å². The SMILES string of the molecule is CCc1cc(OC)ccc1CC(CN)CN. The summed E-state index contributed by atoms with van der Waals surface area (Å²) in [5.74, 6) is 1.29. The summed E-state index contributed by atoms with van der Waals surface area (Å²) in [6, 6.07) is 6.22. The van der Waals surface area contributed by atoms with Crippen LogP contribution in [0.3, 0.4) is 0 Å². The topological polar surface area (TPSA) is 61.3 Å². The summed E-state index contributed by atoms with van der Waals surface area (Å²) in [5.41, 5.74) is 14.0. The van der Waals surface area contributed by atoms with Crippen LogP contribution in [0.25, 0.3) is 0 Å². The minimum atomic E-state index is 0.374. The molecule has 3 nitrogen and oxygen atoms in total. The van der Waals surface area contributed by atoms with Crippen LogP contribution in [0.15, 0.2) is 18.2 Å². The van der Waals surface area contributed by atoms with E-state index < -0.39 is 0 Å². The first-order chi connectivity index (χ1) is 7.74. The average Bonchev–Trinajstić information content (AvgIpc) is 2.35. The fourth-order valence-electron chi connectivity index (χ4n) is 1.83. The van der Waals surface area contributed by atoms with E-state index in [1.165, 1.54) is 11.1 Å². The predicted molar refractivity (Wildman–Crippen MR) is 67.7 cm³/mol. The van der Waals surface area contributed by atoms with Crippen molar-refractivity contribution in [2.45, 2.75) is 19.8 Å². The van der Waals surface area contributed by atoms with E-state index in [1.54, 1.807) is 7.11 Å². The molecule has 0 aliphatic rings. The second-order valence-corrected chi connectivity index (χ2v) is 4.03. The highest BCUT2D eigenvalue weighted by Gasteiger charge is 2.09. The van der Waals surface area contributed by atoms with Gasteiger partial charge in [-0.15, -0.1) is 0 Å². The lowest BCUT2D eigenvalue weighted by Crippen LogP contribution is -2.25. The molecule has 0 spiro atoms. The van der Waals surface area contributed by atoms with Crippen LogP contribution in [0.2, 0.25) is 0 Å². The molecular weight excluding hydrogens is 200 g/mol. The van der Waals surface area contributed by atoms with Gasteiger partial charge in [0.25, 0.3) is 0 Å². The molecule has 3 heteroatoms. The van der Waals surface area contributed by atoms with E-state index in [1.807, 2.05) is 6.07 Å². The second kappa shape index (κ2) is 6.51. The number of benzene rings is 1. The summed E-state index contributed by atoms with van der Waals surface area (Å²) in [7, 11) is 1.69. The average molecular weight is 222 g/mol. The molecule has 4 N–H and O–H groups in total. The Kier molecular flexibility index (Phi) is 5.29. The van der Waals surface area contributed by atoms with E-state index in [2.05, 4.69) is 19.1 Å². The number of rotatable bonds is 6. The molecule has 0 unspecified atom stereocenters. The van der Waals surface area contributed by atoms with Crippen LogP contribution in [0.1, 0.15) is 18.1 Å². The van der Waals surface area contributed by atoms with E-state index >= 15 is 0 Å². The van der Waals surface area contributed by atoms with Gasteiger partial charge in [-0.05, 0) is 55.1 Å². The molecule has 0 fully saturated rings. The highest BCUT2D eigenvalue weighted by Crippen LogP contribution is 2.20. The number of hydrogen-bond acceptors (Lipinski definition) is 3. The number of methoxy groups -OCH3 is 1. The monoisotopic (exact) mass is 222 g/mol. The number of nitrogens with two attached hydrogens (primary N) is 2. The molecule has 1 rings (SSSR count). The molecule has 0 heterocycles. The first-order valence-corrected chi connectivity index (χ1v) is 5.81. The summed E-state index contributed by atoms with van der Waals surface area (Å²) >= 11 is 0. The van der Waals surface area contributed by atoms with Gasteiger partial charge in [-0.25, -0.2) is 0 Å². The second-order valence-electron chi connectivity index (χ2n) is 4.03. The maximum Gasteiger partial charge on any atom is 0.119 e. The molecule has 1 aromatic carbocycles. The van der Waals surface area contributed by atoms with Gasteiger partial charge in [0, 0.05) is 0 Å². The van der Waals surface area contributed by atoms with Gasteiger partial charge in [-0.1, -0.05) is 13.0 Å². The molecule has 1 aromatic rings. The fourth-order valence-corrected chi connectivity index (χ4v) is 1.83. The van der Waals surface area contributed by atoms with Gasteiger partial charge < -0.3 is 16.2 Å². The van der Waals surface area contributed by atoms with Crippen molar-refractivity contribution in [2.24, 2.45) is 17.4 Å². The van der Waals surface area contributed by atoms with E-state index in [4.69, 9.17) is 16.2 Å². The smallest absolute Gasteiger partial charge is 0.119 e. The lowest BCUT2D eigenvalue weighted by atomic mass is 9.94. The molecule has 0 saturated heterocycles. The molecule has 90 valence electrons. The van der Waals surface area contributed by atoms with Crippen LogP contribution < -0.4 is 16.2 Å². The Morgan fingerprint density at radius 2 is 1.88 bits per heavy atom. The minimum absolute atomic E-state index is 0.374. The van der Waals surface area contributed by atoms with Crippen LogP contribution >= 0.6 is 0 Å². The van der Waals surface area contributed by atoms with E-state index in [-0.39, 0.29) is 0 Å². The van der Waals surface area contributed by atoms with Gasteiger partial charge >= 0.3 is 0 Å². The van der Waals surface area contributed by atoms with Crippen LogP contribution in [0.5, 0.6) is 5.75 Å². The van der Waals surface area contributed by atoms with Crippen LogP contribution in [-0.4, -0.2) is 20.2 Å². The van der Waals surface area contributed by atoms with Gasteiger partial charge in [0.05, 0.1) is 7.11 Å². The number of ether oxygens (including phenoxy) is 1. The van der Waals surface area contributed by atoms with E-state index in [9.17, 15) is 0 Å². The molecular formula is C13H22N2O. The molecule has 0 radical (unpaired) electrons. The quantitative estimate of drug-likeness (QED) is 0.763.